The number of benzene rings is 1. The topological polar surface area (TPSA) is 58.6 Å². The molecule has 1 aliphatic heterocycles. The van der Waals surface area contributed by atoms with Crippen LogP contribution >= 0.6 is 0 Å². The van der Waals surface area contributed by atoms with Gasteiger partial charge in [0.05, 0.1) is 4.90 Å². The summed E-state index contributed by atoms with van der Waals surface area (Å²) >= 11 is 0. The molecule has 0 bridgehead atoms. The van der Waals surface area contributed by atoms with Gasteiger partial charge in [-0.15, -0.1) is 0 Å². The zero-order valence-electron chi connectivity index (χ0n) is 12.7. The Morgan fingerprint density at radius 2 is 1.86 bits per heavy atom. The molecular weight excluding hydrogens is 288 g/mol. The van der Waals surface area contributed by atoms with Gasteiger partial charge in [-0.2, -0.15) is 4.31 Å². The predicted octanol–water partition coefficient (Wildman–Crippen LogP) is 1.60. The van der Waals surface area contributed by atoms with Crippen molar-refractivity contribution in [2.24, 2.45) is 0 Å². The summed E-state index contributed by atoms with van der Waals surface area (Å²) in [6, 6.07) is 7.15. The monoisotopic (exact) mass is 312 g/mol. The van der Waals surface area contributed by atoms with Crippen molar-refractivity contribution in [3.8, 4) is 0 Å². The van der Waals surface area contributed by atoms with Crippen molar-refractivity contribution in [3.63, 3.8) is 0 Å². The largest absolute Gasteiger partial charge is 0.381 e. The van der Waals surface area contributed by atoms with Gasteiger partial charge in [-0.25, -0.2) is 8.42 Å². The van der Waals surface area contributed by atoms with Gasteiger partial charge < -0.3 is 10.1 Å². The normalized spacial score (nSPS) is 17.3. The third-order valence-electron chi connectivity index (χ3n) is 3.88. The van der Waals surface area contributed by atoms with E-state index in [0.717, 1.165) is 31.5 Å². The van der Waals surface area contributed by atoms with Crippen molar-refractivity contribution in [1.82, 2.24) is 9.62 Å². The molecule has 0 aliphatic carbocycles. The smallest absolute Gasteiger partial charge is 0.243 e. The third kappa shape index (κ3) is 4.03. The molecule has 1 fully saturated rings. The van der Waals surface area contributed by atoms with Crippen LogP contribution in [0.1, 0.15) is 25.3 Å². The Balaban J connectivity index is 2.10. The highest BCUT2D eigenvalue weighted by molar-refractivity contribution is 7.89. The number of hydrogen-bond donors (Lipinski definition) is 1. The average molecular weight is 312 g/mol. The Hall–Kier alpha value is -0.950. The second-order valence-corrected chi connectivity index (χ2v) is 7.29. The average Bonchev–Trinajstić information content (AvgIpc) is 2.53. The lowest BCUT2D eigenvalue weighted by atomic mass is 10.1. The standard InChI is InChI=1S/C15H24N2O3S/c1-3-16-12-13-4-6-15(7-5-13)21(18,19)17(2)14-8-10-20-11-9-14/h4-7,14,16H,3,8-12H2,1-2H3. The minimum Gasteiger partial charge on any atom is -0.381 e. The molecule has 1 aliphatic rings. The van der Waals surface area contributed by atoms with Crippen molar-refractivity contribution in [1.29, 1.82) is 0 Å². The highest BCUT2D eigenvalue weighted by atomic mass is 32.2. The first-order chi connectivity index (χ1) is 10.1. The molecule has 5 nitrogen and oxygen atoms in total. The third-order valence-corrected chi connectivity index (χ3v) is 5.81. The molecule has 0 radical (unpaired) electrons. The number of ether oxygens (including phenoxy) is 1. The minimum atomic E-state index is -3.42. The fourth-order valence-corrected chi connectivity index (χ4v) is 3.88. The van der Waals surface area contributed by atoms with Gasteiger partial charge in [0, 0.05) is 32.8 Å². The molecule has 2 rings (SSSR count). The van der Waals surface area contributed by atoms with Crippen molar-refractivity contribution >= 4 is 10.0 Å². The summed E-state index contributed by atoms with van der Waals surface area (Å²) in [6.07, 6.45) is 1.52. The zero-order valence-corrected chi connectivity index (χ0v) is 13.5. The molecule has 1 heterocycles. The number of sulfonamides is 1. The van der Waals surface area contributed by atoms with Crippen LogP contribution in [0.15, 0.2) is 29.2 Å². The van der Waals surface area contributed by atoms with E-state index in [1.54, 1.807) is 19.2 Å². The maximum absolute atomic E-state index is 12.6. The molecule has 0 unspecified atom stereocenters. The van der Waals surface area contributed by atoms with Crippen LogP contribution in [0, 0.1) is 0 Å². The maximum atomic E-state index is 12.6. The zero-order chi connectivity index (χ0) is 15.3. The van der Waals surface area contributed by atoms with Crippen LogP contribution in [-0.2, 0) is 21.3 Å². The lowest BCUT2D eigenvalue weighted by molar-refractivity contribution is 0.0632. The summed E-state index contributed by atoms with van der Waals surface area (Å²) < 4.78 is 32.0. The van der Waals surface area contributed by atoms with Crippen molar-refractivity contribution in [2.45, 2.75) is 37.2 Å². The first kappa shape index (κ1) is 16.4. The van der Waals surface area contributed by atoms with Crippen molar-refractivity contribution in [3.05, 3.63) is 29.8 Å². The first-order valence-corrected chi connectivity index (χ1v) is 8.85. The SMILES string of the molecule is CCNCc1ccc(S(=O)(=O)N(C)C2CCOCC2)cc1. The number of rotatable bonds is 6. The molecule has 1 aromatic rings. The van der Waals surface area contributed by atoms with Crippen LogP contribution in [0.25, 0.3) is 0 Å². The lowest BCUT2D eigenvalue weighted by Crippen LogP contribution is -2.40. The van der Waals surface area contributed by atoms with E-state index in [4.69, 9.17) is 4.74 Å². The van der Waals surface area contributed by atoms with Crippen LogP contribution in [0.5, 0.6) is 0 Å². The van der Waals surface area contributed by atoms with E-state index in [-0.39, 0.29) is 6.04 Å². The molecule has 21 heavy (non-hydrogen) atoms. The van der Waals surface area contributed by atoms with Crippen molar-refractivity contribution in [2.75, 3.05) is 26.8 Å². The molecule has 0 atom stereocenters. The molecular formula is C15H24N2O3S. The maximum Gasteiger partial charge on any atom is 0.243 e. The van der Waals surface area contributed by atoms with Gasteiger partial charge in [0.2, 0.25) is 10.0 Å². The predicted molar refractivity (Wildman–Crippen MR) is 82.6 cm³/mol. The Morgan fingerprint density at radius 1 is 1.24 bits per heavy atom. The summed E-state index contributed by atoms with van der Waals surface area (Å²) in [4.78, 5) is 0.358. The van der Waals surface area contributed by atoms with E-state index in [1.807, 2.05) is 19.1 Å². The molecule has 0 aromatic heterocycles. The number of nitrogens with zero attached hydrogens (tertiary/aromatic N) is 1. The molecule has 6 heteroatoms. The van der Waals surface area contributed by atoms with E-state index in [0.29, 0.717) is 18.1 Å². The van der Waals surface area contributed by atoms with Gasteiger partial charge in [0.25, 0.3) is 0 Å². The molecule has 118 valence electrons. The quantitative estimate of drug-likeness (QED) is 0.867. The Kier molecular flexibility index (Phi) is 5.75. The van der Waals surface area contributed by atoms with E-state index in [2.05, 4.69) is 5.32 Å². The molecule has 0 amide bonds. The van der Waals surface area contributed by atoms with Crippen LogP contribution in [0.2, 0.25) is 0 Å². The van der Waals surface area contributed by atoms with Gasteiger partial charge in [0.1, 0.15) is 0 Å². The molecule has 1 N–H and O–H groups in total. The van der Waals surface area contributed by atoms with Crippen LogP contribution in [0.3, 0.4) is 0 Å². The summed E-state index contributed by atoms with van der Waals surface area (Å²) in [5.41, 5.74) is 1.09. The minimum absolute atomic E-state index is 0.0326. The van der Waals surface area contributed by atoms with Gasteiger partial charge in [-0.1, -0.05) is 19.1 Å². The van der Waals surface area contributed by atoms with E-state index in [1.165, 1.54) is 4.31 Å². The Bertz CT molecular complexity index is 537. The fourth-order valence-electron chi connectivity index (χ4n) is 2.46. The number of hydrogen-bond acceptors (Lipinski definition) is 4. The van der Waals surface area contributed by atoms with E-state index < -0.39 is 10.0 Å². The van der Waals surface area contributed by atoms with E-state index in [9.17, 15) is 8.42 Å². The Labute approximate surface area is 127 Å². The Morgan fingerprint density at radius 3 is 2.43 bits per heavy atom. The van der Waals surface area contributed by atoms with Crippen LogP contribution in [0.4, 0.5) is 0 Å². The van der Waals surface area contributed by atoms with E-state index >= 15 is 0 Å². The van der Waals surface area contributed by atoms with Gasteiger partial charge in [-0.3, -0.25) is 0 Å². The van der Waals surface area contributed by atoms with Gasteiger partial charge in [0.15, 0.2) is 0 Å². The number of nitrogens with one attached hydrogen (secondary N) is 1. The molecule has 0 spiro atoms. The second-order valence-electron chi connectivity index (χ2n) is 5.29. The summed E-state index contributed by atoms with van der Waals surface area (Å²) in [5.74, 6) is 0. The first-order valence-electron chi connectivity index (χ1n) is 7.41. The van der Waals surface area contributed by atoms with Crippen LogP contribution < -0.4 is 5.32 Å². The highest BCUT2D eigenvalue weighted by Crippen LogP contribution is 2.22. The van der Waals surface area contributed by atoms with Gasteiger partial charge >= 0.3 is 0 Å². The second kappa shape index (κ2) is 7.35. The summed E-state index contributed by atoms with van der Waals surface area (Å²) in [6.45, 7) is 4.96. The van der Waals surface area contributed by atoms with Gasteiger partial charge in [-0.05, 0) is 37.1 Å². The summed E-state index contributed by atoms with van der Waals surface area (Å²) in [5, 5.41) is 3.22. The molecule has 1 saturated heterocycles. The highest BCUT2D eigenvalue weighted by Gasteiger charge is 2.29. The van der Waals surface area contributed by atoms with Crippen LogP contribution in [-0.4, -0.2) is 45.6 Å². The summed E-state index contributed by atoms with van der Waals surface area (Å²) in [7, 11) is -1.75. The molecule has 1 aromatic carbocycles. The fraction of sp³-hybridized carbons (Fsp3) is 0.600. The lowest BCUT2D eigenvalue weighted by Gasteiger charge is -2.30. The van der Waals surface area contributed by atoms with Crippen molar-refractivity contribution < 1.29 is 13.2 Å². The molecule has 0 saturated carbocycles.